The second kappa shape index (κ2) is 6.00. The van der Waals surface area contributed by atoms with Crippen LogP contribution in [0.5, 0.6) is 0 Å². The van der Waals surface area contributed by atoms with Crippen LogP contribution in [0.2, 0.25) is 0 Å². The average molecular weight is 223 g/mol. The highest BCUT2D eigenvalue weighted by molar-refractivity contribution is 5.26. The molecule has 0 saturated carbocycles. The number of hydrogen-bond acceptors (Lipinski definition) is 1. The fraction of sp³-hybridized carbons (Fsp3) is 0.571. The lowest BCUT2D eigenvalue weighted by Crippen LogP contribution is -2.32. The Labute approximate surface area is 98.1 Å². The maximum atomic E-state index is 12.9. The molecule has 16 heavy (non-hydrogen) atoms. The van der Waals surface area contributed by atoms with Gasteiger partial charge in [0.05, 0.1) is 0 Å². The quantitative estimate of drug-likeness (QED) is 0.803. The Hall–Kier alpha value is -0.890. The standard InChI is InChI=1S/C14H22FN/c1-5-14(10(2)3)16-9-12-6-7-13(15)8-11(12)4/h6-8,10,14,16H,5,9H2,1-4H3. The zero-order chi connectivity index (χ0) is 12.1. The molecule has 1 unspecified atom stereocenters. The van der Waals surface area contributed by atoms with Crippen LogP contribution in [0.3, 0.4) is 0 Å². The summed E-state index contributed by atoms with van der Waals surface area (Å²) in [6.45, 7) is 9.41. The van der Waals surface area contributed by atoms with Gasteiger partial charge in [0, 0.05) is 12.6 Å². The van der Waals surface area contributed by atoms with Gasteiger partial charge in [-0.15, -0.1) is 0 Å². The van der Waals surface area contributed by atoms with Gasteiger partial charge in [-0.1, -0.05) is 26.8 Å². The van der Waals surface area contributed by atoms with Crippen molar-refractivity contribution in [1.29, 1.82) is 0 Å². The van der Waals surface area contributed by atoms with E-state index >= 15 is 0 Å². The molecule has 0 aliphatic carbocycles. The van der Waals surface area contributed by atoms with Crippen LogP contribution in [0.25, 0.3) is 0 Å². The molecule has 90 valence electrons. The Morgan fingerprint density at radius 3 is 2.50 bits per heavy atom. The van der Waals surface area contributed by atoms with Crippen LogP contribution in [0.15, 0.2) is 18.2 Å². The lowest BCUT2D eigenvalue weighted by atomic mass is 10.0. The zero-order valence-corrected chi connectivity index (χ0v) is 10.7. The third kappa shape index (κ3) is 3.60. The number of aryl methyl sites for hydroxylation is 1. The van der Waals surface area contributed by atoms with Crippen molar-refractivity contribution in [3.8, 4) is 0 Å². The van der Waals surface area contributed by atoms with E-state index in [4.69, 9.17) is 0 Å². The Kier molecular flexibility index (Phi) is 4.94. The molecule has 0 fully saturated rings. The normalized spacial score (nSPS) is 13.1. The molecule has 0 heterocycles. The van der Waals surface area contributed by atoms with E-state index in [1.165, 1.54) is 11.6 Å². The minimum atomic E-state index is -0.155. The summed E-state index contributed by atoms with van der Waals surface area (Å²) in [6, 6.07) is 5.52. The van der Waals surface area contributed by atoms with Crippen molar-refractivity contribution in [1.82, 2.24) is 5.32 Å². The monoisotopic (exact) mass is 223 g/mol. The van der Waals surface area contributed by atoms with Crippen molar-refractivity contribution < 1.29 is 4.39 Å². The van der Waals surface area contributed by atoms with Crippen LogP contribution in [0.1, 0.15) is 38.3 Å². The van der Waals surface area contributed by atoms with E-state index in [0.717, 1.165) is 18.5 Å². The zero-order valence-electron chi connectivity index (χ0n) is 10.7. The van der Waals surface area contributed by atoms with Gasteiger partial charge in [0.15, 0.2) is 0 Å². The van der Waals surface area contributed by atoms with Crippen LogP contribution >= 0.6 is 0 Å². The first-order valence-corrected chi connectivity index (χ1v) is 6.03. The van der Waals surface area contributed by atoms with Gasteiger partial charge in [-0.25, -0.2) is 4.39 Å². The van der Waals surface area contributed by atoms with Gasteiger partial charge in [-0.05, 0) is 42.5 Å². The Bertz CT molecular complexity index is 334. The van der Waals surface area contributed by atoms with E-state index < -0.39 is 0 Å². The van der Waals surface area contributed by atoms with Crippen molar-refractivity contribution >= 4 is 0 Å². The number of hydrogen-bond donors (Lipinski definition) is 1. The van der Waals surface area contributed by atoms with E-state index in [2.05, 4.69) is 26.1 Å². The van der Waals surface area contributed by atoms with E-state index in [9.17, 15) is 4.39 Å². The predicted molar refractivity (Wildman–Crippen MR) is 66.9 cm³/mol. The van der Waals surface area contributed by atoms with Gasteiger partial charge in [0.1, 0.15) is 5.82 Å². The third-order valence-corrected chi connectivity index (χ3v) is 3.10. The lowest BCUT2D eigenvalue weighted by Gasteiger charge is -2.21. The molecule has 0 aromatic heterocycles. The summed E-state index contributed by atoms with van der Waals surface area (Å²) in [5, 5.41) is 3.52. The first-order valence-electron chi connectivity index (χ1n) is 6.03. The molecule has 0 bridgehead atoms. The van der Waals surface area contributed by atoms with Gasteiger partial charge >= 0.3 is 0 Å². The molecule has 0 spiro atoms. The number of benzene rings is 1. The first kappa shape index (κ1) is 13.2. The highest BCUT2D eigenvalue weighted by Crippen LogP contribution is 2.12. The largest absolute Gasteiger partial charge is 0.310 e. The molecule has 1 rings (SSSR count). The van der Waals surface area contributed by atoms with Crippen molar-refractivity contribution in [2.45, 2.75) is 46.7 Å². The Balaban J connectivity index is 2.60. The number of halogens is 1. The van der Waals surface area contributed by atoms with E-state index in [-0.39, 0.29) is 5.82 Å². The predicted octanol–water partition coefficient (Wildman–Crippen LogP) is 3.66. The summed E-state index contributed by atoms with van der Waals surface area (Å²) < 4.78 is 12.9. The molecule has 0 radical (unpaired) electrons. The first-order chi connectivity index (χ1) is 7.54. The second-order valence-corrected chi connectivity index (χ2v) is 4.71. The van der Waals surface area contributed by atoms with E-state index in [1.807, 2.05) is 13.0 Å². The van der Waals surface area contributed by atoms with E-state index in [0.29, 0.717) is 12.0 Å². The van der Waals surface area contributed by atoms with Crippen LogP contribution in [0, 0.1) is 18.7 Å². The molecule has 1 N–H and O–H groups in total. The lowest BCUT2D eigenvalue weighted by molar-refractivity contribution is 0.387. The van der Waals surface area contributed by atoms with Crippen molar-refractivity contribution in [2.24, 2.45) is 5.92 Å². The topological polar surface area (TPSA) is 12.0 Å². The molecule has 1 atom stereocenters. The van der Waals surface area contributed by atoms with Gasteiger partial charge in [-0.2, -0.15) is 0 Å². The molecule has 2 heteroatoms. The van der Waals surface area contributed by atoms with Crippen molar-refractivity contribution in [3.63, 3.8) is 0 Å². The smallest absolute Gasteiger partial charge is 0.123 e. The van der Waals surface area contributed by atoms with Crippen molar-refractivity contribution in [2.75, 3.05) is 0 Å². The van der Waals surface area contributed by atoms with Crippen LogP contribution in [0.4, 0.5) is 4.39 Å². The minimum Gasteiger partial charge on any atom is -0.310 e. The summed E-state index contributed by atoms with van der Waals surface area (Å²) >= 11 is 0. The van der Waals surface area contributed by atoms with Gasteiger partial charge < -0.3 is 5.32 Å². The maximum absolute atomic E-state index is 12.9. The summed E-state index contributed by atoms with van der Waals surface area (Å²) in [6.07, 6.45) is 1.12. The van der Waals surface area contributed by atoms with Gasteiger partial charge in [0.25, 0.3) is 0 Å². The highest BCUT2D eigenvalue weighted by atomic mass is 19.1. The van der Waals surface area contributed by atoms with Crippen LogP contribution in [-0.2, 0) is 6.54 Å². The van der Waals surface area contributed by atoms with Gasteiger partial charge in [-0.3, -0.25) is 0 Å². The number of nitrogens with one attached hydrogen (secondary N) is 1. The molecule has 0 saturated heterocycles. The summed E-state index contributed by atoms with van der Waals surface area (Å²) in [7, 11) is 0. The fourth-order valence-electron chi connectivity index (χ4n) is 1.95. The molecule has 0 aliphatic heterocycles. The molecule has 1 aromatic rings. The molecule has 0 amide bonds. The summed E-state index contributed by atoms with van der Waals surface area (Å²) in [5.41, 5.74) is 2.20. The van der Waals surface area contributed by atoms with Crippen molar-refractivity contribution in [3.05, 3.63) is 35.1 Å². The minimum absolute atomic E-state index is 0.155. The Morgan fingerprint density at radius 1 is 1.31 bits per heavy atom. The second-order valence-electron chi connectivity index (χ2n) is 4.71. The van der Waals surface area contributed by atoms with Crippen LogP contribution < -0.4 is 5.32 Å². The van der Waals surface area contributed by atoms with E-state index in [1.54, 1.807) is 6.07 Å². The van der Waals surface area contributed by atoms with Gasteiger partial charge in [0.2, 0.25) is 0 Å². The third-order valence-electron chi connectivity index (χ3n) is 3.10. The average Bonchev–Trinajstić information content (AvgIpc) is 2.21. The van der Waals surface area contributed by atoms with Crippen LogP contribution in [-0.4, -0.2) is 6.04 Å². The molecule has 1 aromatic carbocycles. The fourth-order valence-corrected chi connectivity index (χ4v) is 1.95. The molecule has 1 nitrogen and oxygen atoms in total. The highest BCUT2D eigenvalue weighted by Gasteiger charge is 2.10. The maximum Gasteiger partial charge on any atom is 0.123 e. The summed E-state index contributed by atoms with van der Waals surface area (Å²) in [5.74, 6) is 0.475. The SMILES string of the molecule is CCC(NCc1ccc(F)cc1C)C(C)C. The Morgan fingerprint density at radius 2 is 2.00 bits per heavy atom. The number of rotatable bonds is 5. The molecular formula is C14H22FN. The molecular weight excluding hydrogens is 201 g/mol. The molecule has 0 aliphatic rings. The summed E-state index contributed by atoms with van der Waals surface area (Å²) in [4.78, 5) is 0.